The van der Waals surface area contributed by atoms with Crippen LogP contribution in [-0.4, -0.2) is 64.2 Å². The van der Waals surface area contributed by atoms with Crippen molar-refractivity contribution >= 4 is 34.9 Å². The molecule has 2 aromatic rings. The Morgan fingerprint density at radius 1 is 1.15 bits per heavy atom. The fourth-order valence-electron chi connectivity index (χ4n) is 2.43. The highest BCUT2D eigenvalue weighted by atomic mass is 35.5. The first-order valence-electron chi connectivity index (χ1n) is 8.07. The van der Waals surface area contributed by atoms with Crippen molar-refractivity contribution in [3.8, 4) is 0 Å². The number of nitro groups is 1. The summed E-state index contributed by atoms with van der Waals surface area (Å²) in [6.45, 7) is 4.83. The van der Waals surface area contributed by atoms with Gasteiger partial charge in [0, 0.05) is 44.0 Å². The molecule has 0 atom stereocenters. The molecule has 0 amide bonds. The number of rotatable bonds is 7. The lowest BCUT2D eigenvalue weighted by Gasteiger charge is -2.26. The number of benzene rings is 1. The van der Waals surface area contributed by atoms with Gasteiger partial charge in [-0.1, -0.05) is 0 Å². The van der Waals surface area contributed by atoms with Gasteiger partial charge in [0.1, 0.15) is 0 Å². The molecule has 1 aromatic heterocycles. The zero-order chi connectivity index (χ0) is 18.4. The second-order valence-corrected chi connectivity index (χ2v) is 5.90. The summed E-state index contributed by atoms with van der Waals surface area (Å²) >= 11 is 5.95. The lowest BCUT2D eigenvalue weighted by Crippen LogP contribution is -2.39. The highest BCUT2D eigenvalue weighted by molar-refractivity contribution is 6.28. The van der Waals surface area contributed by atoms with E-state index in [-0.39, 0.29) is 16.9 Å². The Bertz CT molecular complexity index is 753. The fourth-order valence-corrected chi connectivity index (χ4v) is 2.59. The van der Waals surface area contributed by atoms with Crippen molar-refractivity contribution in [1.29, 1.82) is 0 Å². The summed E-state index contributed by atoms with van der Waals surface area (Å²) in [5, 5.41) is 16.8. The zero-order valence-electron chi connectivity index (χ0n) is 13.9. The van der Waals surface area contributed by atoms with Crippen LogP contribution < -0.4 is 10.6 Å². The van der Waals surface area contributed by atoms with Crippen LogP contribution in [0, 0.1) is 10.1 Å². The number of nitrogens with one attached hydrogen (secondary N) is 2. The molecule has 0 saturated carbocycles. The van der Waals surface area contributed by atoms with Crippen LogP contribution in [0.2, 0.25) is 5.28 Å². The smallest absolute Gasteiger partial charge is 0.269 e. The van der Waals surface area contributed by atoms with E-state index in [2.05, 4.69) is 30.5 Å². The van der Waals surface area contributed by atoms with E-state index in [1.807, 2.05) is 0 Å². The van der Waals surface area contributed by atoms with Crippen LogP contribution in [-0.2, 0) is 4.74 Å². The molecule has 0 aliphatic carbocycles. The predicted molar refractivity (Wildman–Crippen MR) is 97.0 cm³/mol. The monoisotopic (exact) mass is 379 g/mol. The summed E-state index contributed by atoms with van der Waals surface area (Å²) in [7, 11) is 0. The van der Waals surface area contributed by atoms with Gasteiger partial charge >= 0.3 is 0 Å². The number of aromatic nitrogens is 3. The molecule has 1 fully saturated rings. The molecule has 2 N–H and O–H groups in total. The van der Waals surface area contributed by atoms with Crippen LogP contribution in [0.3, 0.4) is 0 Å². The van der Waals surface area contributed by atoms with Crippen molar-refractivity contribution in [3.63, 3.8) is 0 Å². The molecule has 26 heavy (non-hydrogen) atoms. The van der Waals surface area contributed by atoms with Crippen LogP contribution in [0.1, 0.15) is 0 Å². The van der Waals surface area contributed by atoms with E-state index in [4.69, 9.17) is 16.3 Å². The van der Waals surface area contributed by atoms with Gasteiger partial charge in [-0.15, -0.1) is 0 Å². The van der Waals surface area contributed by atoms with Crippen LogP contribution in [0.4, 0.5) is 23.3 Å². The first-order valence-corrected chi connectivity index (χ1v) is 8.45. The molecule has 1 saturated heterocycles. The largest absolute Gasteiger partial charge is 0.379 e. The maximum absolute atomic E-state index is 10.7. The van der Waals surface area contributed by atoms with Crippen LogP contribution in [0.5, 0.6) is 0 Å². The quantitative estimate of drug-likeness (QED) is 0.549. The summed E-state index contributed by atoms with van der Waals surface area (Å²) in [5.41, 5.74) is 0.617. The number of nitrogens with zero attached hydrogens (tertiary/aromatic N) is 5. The Labute approximate surface area is 154 Å². The van der Waals surface area contributed by atoms with Crippen molar-refractivity contribution in [3.05, 3.63) is 39.7 Å². The normalized spacial score (nSPS) is 14.8. The number of halogens is 1. The molecule has 2 heterocycles. The van der Waals surface area contributed by atoms with Crippen molar-refractivity contribution in [2.75, 3.05) is 50.0 Å². The molecular weight excluding hydrogens is 362 g/mol. The number of hydrogen-bond donors (Lipinski definition) is 2. The SMILES string of the molecule is O=[N+]([O-])c1ccc(Nc2nc(Cl)nc(NCCN3CCOCC3)n2)cc1. The Morgan fingerprint density at radius 2 is 1.85 bits per heavy atom. The third kappa shape index (κ3) is 5.22. The van der Waals surface area contributed by atoms with Crippen LogP contribution in [0.25, 0.3) is 0 Å². The lowest BCUT2D eigenvalue weighted by atomic mass is 10.3. The van der Waals surface area contributed by atoms with E-state index < -0.39 is 4.92 Å². The molecule has 10 nitrogen and oxygen atoms in total. The van der Waals surface area contributed by atoms with Crippen molar-refractivity contribution < 1.29 is 9.66 Å². The number of hydrogen-bond acceptors (Lipinski definition) is 9. The van der Waals surface area contributed by atoms with Crippen LogP contribution >= 0.6 is 11.6 Å². The minimum Gasteiger partial charge on any atom is -0.379 e. The Morgan fingerprint density at radius 3 is 2.54 bits per heavy atom. The molecule has 1 aliphatic rings. The second kappa shape index (κ2) is 8.70. The Kier molecular flexibility index (Phi) is 6.10. The minimum atomic E-state index is -0.458. The highest BCUT2D eigenvalue weighted by Gasteiger charge is 2.11. The molecule has 0 bridgehead atoms. The van der Waals surface area contributed by atoms with E-state index in [9.17, 15) is 10.1 Å². The van der Waals surface area contributed by atoms with E-state index in [1.165, 1.54) is 12.1 Å². The Balaban J connectivity index is 1.58. The van der Waals surface area contributed by atoms with Gasteiger partial charge in [-0.05, 0) is 23.7 Å². The third-order valence-electron chi connectivity index (χ3n) is 3.76. The van der Waals surface area contributed by atoms with Gasteiger partial charge in [0.2, 0.25) is 17.2 Å². The van der Waals surface area contributed by atoms with Crippen molar-refractivity contribution in [2.24, 2.45) is 0 Å². The zero-order valence-corrected chi connectivity index (χ0v) is 14.6. The molecular formula is C15H18ClN7O3. The Hall–Kier alpha value is -2.56. The molecule has 1 aromatic carbocycles. The van der Waals surface area contributed by atoms with Gasteiger partial charge in [0.25, 0.3) is 5.69 Å². The molecule has 11 heteroatoms. The minimum absolute atomic E-state index is 0.00898. The van der Waals surface area contributed by atoms with E-state index in [1.54, 1.807) is 12.1 Å². The standard InChI is InChI=1S/C15H18ClN7O3/c16-13-19-14(17-5-6-22-7-9-26-10-8-22)21-15(20-13)18-11-1-3-12(4-2-11)23(24)25/h1-4H,5-10H2,(H2,17,18,19,20,21). The summed E-state index contributed by atoms with van der Waals surface area (Å²) in [6, 6.07) is 5.93. The maximum atomic E-state index is 10.7. The summed E-state index contributed by atoms with van der Waals surface area (Å²) < 4.78 is 5.31. The third-order valence-corrected chi connectivity index (χ3v) is 3.93. The predicted octanol–water partition coefficient (Wildman–Crippen LogP) is 1.92. The van der Waals surface area contributed by atoms with Gasteiger partial charge in [0.15, 0.2) is 0 Å². The molecule has 138 valence electrons. The average Bonchev–Trinajstić information content (AvgIpc) is 2.62. The van der Waals surface area contributed by atoms with Gasteiger partial charge in [-0.25, -0.2) is 0 Å². The van der Waals surface area contributed by atoms with E-state index >= 15 is 0 Å². The first kappa shape index (κ1) is 18.2. The van der Waals surface area contributed by atoms with Gasteiger partial charge in [0.05, 0.1) is 18.1 Å². The fraction of sp³-hybridized carbons (Fsp3) is 0.400. The molecule has 0 radical (unpaired) electrons. The molecule has 0 unspecified atom stereocenters. The van der Waals surface area contributed by atoms with E-state index in [0.717, 1.165) is 32.8 Å². The number of anilines is 3. The van der Waals surface area contributed by atoms with Crippen LogP contribution in [0.15, 0.2) is 24.3 Å². The molecule has 1 aliphatic heterocycles. The highest BCUT2D eigenvalue weighted by Crippen LogP contribution is 2.19. The number of morpholine rings is 1. The summed E-state index contributed by atoms with van der Waals surface area (Å²) in [6.07, 6.45) is 0. The van der Waals surface area contributed by atoms with Gasteiger partial charge in [-0.2, -0.15) is 15.0 Å². The average molecular weight is 380 g/mol. The lowest BCUT2D eigenvalue weighted by molar-refractivity contribution is -0.384. The number of nitro benzene ring substituents is 1. The number of ether oxygens (including phenoxy) is 1. The first-order chi connectivity index (χ1) is 12.6. The molecule has 0 spiro atoms. The van der Waals surface area contributed by atoms with Gasteiger partial charge in [-0.3, -0.25) is 15.0 Å². The summed E-state index contributed by atoms with van der Waals surface area (Å²) in [5.74, 6) is 0.621. The van der Waals surface area contributed by atoms with Gasteiger partial charge < -0.3 is 15.4 Å². The topological polar surface area (TPSA) is 118 Å². The second-order valence-electron chi connectivity index (χ2n) is 5.56. The number of non-ortho nitro benzene ring substituents is 1. The van der Waals surface area contributed by atoms with Crippen molar-refractivity contribution in [1.82, 2.24) is 19.9 Å². The van der Waals surface area contributed by atoms with Crippen molar-refractivity contribution in [2.45, 2.75) is 0 Å². The maximum Gasteiger partial charge on any atom is 0.269 e. The van der Waals surface area contributed by atoms with E-state index in [0.29, 0.717) is 18.2 Å². The summed E-state index contributed by atoms with van der Waals surface area (Å²) in [4.78, 5) is 24.9. The molecule has 3 rings (SSSR count).